The zero-order valence-electron chi connectivity index (χ0n) is 6.44. The van der Waals surface area contributed by atoms with Crippen molar-refractivity contribution in [1.82, 2.24) is 0 Å². The van der Waals surface area contributed by atoms with Gasteiger partial charge in [0.2, 0.25) is 0 Å². The molecular weight excluding hydrogens is 275 g/mol. The average molecular weight is 283 g/mol. The standard InChI is InChI=1S/C8H8F2IN/c1-6-2-4-7(5-3-6)12-8(9,10)11/h2-5,12H,1H3. The zero-order valence-corrected chi connectivity index (χ0v) is 8.60. The number of nitrogens with one attached hydrogen (secondary N) is 1. The SMILES string of the molecule is Cc1ccc(NC(F)(F)I)cc1. The Labute approximate surface area is 83.3 Å². The maximum Gasteiger partial charge on any atom is 0.374 e. The molecule has 0 aliphatic carbocycles. The predicted molar refractivity (Wildman–Crippen MR) is 53.8 cm³/mol. The van der Waals surface area contributed by atoms with Crippen LogP contribution in [0.25, 0.3) is 0 Å². The van der Waals surface area contributed by atoms with Gasteiger partial charge < -0.3 is 5.32 Å². The summed E-state index contributed by atoms with van der Waals surface area (Å²) in [5.41, 5.74) is 1.48. The number of hydrogen-bond acceptors (Lipinski definition) is 1. The molecule has 0 atom stereocenters. The lowest BCUT2D eigenvalue weighted by atomic mass is 10.2. The molecule has 4 heteroatoms. The fourth-order valence-corrected chi connectivity index (χ4v) is 1.11. The molecule has 0 aliphatic rings. The van der Waals surface area contributed by atoms with Crippen molar-refractivity contribution in [3.8, 4) is 0 Å². The first-order valence-corrected chi connectivity index (χ1v) is 4.47. The number of aryl methyl sites for hydroxylation is 1. The van der Waals surface area contributed by atoms with Gasteiger partial charge in [0.1, 0.15) is 0 Å². The molecule has 1 aromatic rings. The summed E-state index contributed by atoms with van der Waals surface area (Å²) < 4.78 is 21.9. The third-order valence-electron chi connectivity index (χ3n) is 1.34. The first kappa shape index (κ1) is 9.70. The van der Waals surface area contributed by atoms with Crippen LogP contribution in [0.2, 0.25) is 0 Å². The molecule has 0 aliphatic heterocycles. The largest absolute Gasteiger partial charge is 0.374 e. The lowest BCUT2D eigenvalue weighted by Gasteiger charge is -2.11. The number of benzene rings is 1. The number of halogens is 3. The van der Waals surface area contributed by atoms with Gasteiger partial charge in [-0.15, -0.1) is 0 Å². The Morgan fingerprint density at radius 1 is 1.25 bits per heavy atom. The van der Waals surface area contributed by atoms with Crippen LogP contribution in [0, 0.1) is 6.92 Å². The first-order valence-electron chi connectivity index (χ1n) is 3.39. The second-order valence-corrected chi connectivity index (χ2v) is 3.84. The van der Waals surface area contributed by atoms with Crippen molar-refractivity contribution in [3.05, 3.63) is 29.8 Å². The molecule has 0 aromatic heterocycles. The molecule has 66 valence electrons. The summed E-state index contributed by atoms with van der Waals surface area (Å²) >= 11 is 1.04. The first-order chi connectivity index (χ1) is 5.47. The minimum Gasteiger partial charge on any atom is -0.318 e. The molecule has 0 amide bonds. The summed E-state index contributed by atoms with van der Waals surface area (Å²) in [6.07, 6.45) is 0. The van der Waals surface area contributed by atoms with Crippen LogP contribution >= 0.6 is 22.6 Å². The molecule has 12 heavy (non-hydrogen) atoms. The normalized spacial score (nSPS) is 11.3. The van der Waals surface area contributed by atoms with Gasteiger partial charge in [0.15, 0.2) is 0 Å². The van der Waals surface area contributed by atoms with E-state index in [4.69, 9.17) is 0 Å². The summed E-state index contributed by atoms with van der Waals surface area (Å²) in [7, 11) is 0. The Morgan fingerprint density at radius 2 is 1.75 bits per heavy atom. The molecule has 1 N–H and O–H groups in total. The fraction of sp³-hybridized carbons (Fsp3) is 0.250. The van der Waals surface area contributed by atoms with E-state index < -0.39 is 4.05 Å². The zero-order chi connectivity index (χ0) is 9.19. The number of rotatable bonds is 2. The highest BCUT2D eigenvalue weighted by Gasteiger charge is 2.22. The maximum atomic E-state index is 12.4. The van der Waals surface area contributed by atoms with E-state index in [1.165, 1.54) is 0 Å². The van der Waals surface area contributed by atoms with Crippen LogP contribution in [0.1, 0.15) is 5.56 Å². The lowest BCUT2D eigenvalue weighted by Crippen LogP contribution is -2.18. The highest BCUT2D eigenvalue weighted by molar-refractivity contribution is 14.1. The Kier molecular flexibility index (Phi) is 2.87. The quantitative estimate of drug-likeness (QED) is 0.498. The monoisotopic (exact) mass is 283 g/mol. The number of alkyl halides is 3. The Morgan fingerprint density at radius 3 is 2.17 bits per heavy atom. The lowest BCUT2D eigenvalue weighted by molar-refractivity contribution is 0.160. The van der Waals surface area contributed by atoms with Gasteiger partial charge in [0.05, 0.1) is 0 Å². The second kappa shape index (κ2) is 3.55. The molecule has 0 fully saturated rings. The molecule has 0 bridgehead atoms. The van der Waals surface area contributed by atoms with E-state index in [-0.39, 0.29) is 0 Å². The molecule has 0 unspecified atom stereocenters. The molecule has 1 nitrogen and oxygen atoms in total. The van der Waals surface area contributed by atoms with Crippen molar-refractivity contribution in [2.24, 2.45) is 0 Å². The molecule has 0 spiro atoms. The van der Waals surface area contributed by atoms with Crippen molar-refractivity contribution in [2.45, 2.75) is 11.0 Å². The fourth-order valence-electron chi connectivity index (χ4n) is 0.801. The Bertz CT molecular complexity index is 253. The Hall–Kier alpha value is -0.390. The van der Waals surface area contributed by atoms with Crippen LogP contribution in [0.3, 0.4) is 0 Å². The summed E-state index contributed by atoms with van der Waals surface area (Å²) in [5.74, 6) is 0. The van der Waals surface area contributed by atoms with Crippen LogP contribution in [0.4, 0.5) is 14.5 Å². The van der Waals surface area contributed by atoms with Crippen LogP contribution in [-0.2, 0) is 0 Å². The highest BCUT2D eigenvalue weighted by atomic mass is 127. The van der Waals surface area contributed by atoms with Crippen molar-refractivity contribution >= 4 is 28.3 Å². The molecule has 0 saturated heterocycles. The molecule has 0 heterocycles. The van der Waals surface area contributed by atoms with E-state index in [0.717, 1.165) is 28.2 Å². The van der Waals surface area contributed by atoms with Crippen LogP contribution in [0.5, 0.6) is 0 Å². The van der Waals surface area contributed by atoms with Crippen molar-refractivity contribution in [3.63, 3.8) is 0 Å². The number of anilines is 1. The average Bonchev–Trinajstić information content (AvgIpc) is 1.91. The van der Waals surface area contributed by atoms with Crippen LogP contribution < -0.4 is 5.32 Å². The molecule has 0 saturated carbocycles. The van der Waals surface area contributed by atoms with Crippen LogP contribution in [-0.4, -0.2) is 4.05 Å². The van der Waals surface area contributed by atoms with E-state index in [1.54, 1.807) is 24.3 Å². The topological polar surface area (TPSA) is 12.0 Å². The summed E-state index contributed by atoms with van der Waals surface area (Å²) in [6.45, 7) is 1.91. The van der Waals surface area contributed by atoms with Gasteiger partial charge in [0.25, 0.3) is 0 Å². The predicted octanol–water partition coefficient (Wildman–Crippen LogP) is 3.39. The van der Waals surface area contributed by atoms with Crippen molar-refractivity contribution in [2.75, 3.05) is 5.32 Å². The third kappa shape index (κ3) is 3.34. The van der Waals surface area contributed by atoms with Crippen molar-refractivity contribution < 1.29 is 8.78 Å². The molecule has 0 radical (unpaired) electrons. The van der Waals surface area contributed by atoms with Gasteiger partial charge in [-0.1, -0.05) is 17.7 Å². The Balaban J connectivity index is 2.71. The molecule has 1 aromatic carbocycles. The second-order valence-electron chi connectivity index (χ2n) is 2.49. The van der Waals surface area contributed by atoms with Gasteiger partial charge >= 0.3 is 4.05 Å². The minimum absolute atomic E-state index is 0.431. The maximum absolute atomic E-state index is 12.4. The molecule has 1 rings (SSSR count). The summed E-state index contributed by atoms with van der Waals surface area (Å²) in [6, 6.07) is 6.82. The third-order valence-corrected chi connectivity index (χ3v) is 1.61. The van der Waals surface area contributed by atoms with Gasteiger partial charge in [-0.2, -0.15) is 8.78 Å². The summed E-state index contributed by atoms with van der Waals surface area (Å²) in [4.78, 5) is 0. The van der Waals surface area contributed by atoms with Gasteiger partial charge in [-0.05, 0) is 19.1 Å². The highest BCUT2D eigenvalue weighted by Crippen LogP contribution is 2.24. The molecular formula is C8H8F2IN. The van der Waals surface area contributed by atoms with Crippen LogP contribution in [0.15, 0.2) is 24.3 Å². The minimum atomic E-state index is -2.88. The van der Waals surface area contributed by atoms with E-state index in [9.17, 15) is 8.78 Å². The van der Waals surface area contributed by atoms with Gasteiger partial charge in [-0.25, -0.2) is 0 Å². The van der Waals surface area contributed by atoms with Gasteiger partial charge in [-0.3, -0.25) is 0 Å². The summed E-state index contributed by atoms with van der Waals surface area (Å²) in [5, 5.41) is 2.06. The van der Waals surface area contributed by atoms with E-state index in [1.807, 2.05) is 6.92 Å². The number of hydrogen-bond donors (Lipinski definition) is 1. The van der Waals surface area contributed by atoms with E-state index in [0.29, 0.717) is 5.69 Å². The van der Waals surface area contributed by atoms with E-state index in [2.05, 4.69) is 5.32 Å². The smallest absolute Gasteiger partial charge is 0.318 e. The van der Waals surface area contributed by atoms with Gasteiger partial charge in [0, 0.05) is 28.3 Å². The van der Waals surface area contributed by atoms with E-state index >= 15 is 0 Å². The van der Waals surface area contributed by atoms with Crippen molar-refractivity contribution in [1.29, 1.82) is 0 Å².